The lowest BCUT2D eigenvalue weighted by atomic mass is 10.2. The molecule has 0 unspecified atom stereocenters. The SMILES string of the molecule is Cc1ccc(Cl)c(OCCCOc2ccccc2C#N)c1. The second kappa shape index (κ2) is 7.56. The molecule has 0 radical (unpaired) electrons. The molecule has 108 valence electrons. The van der Waals surface area contributed by atoms with Gasteiger partial charge in [0.2, 0.25) is 0 Å². The van der Waals surface area contributed by atoms with E-state index in [4.69, 9.17) is 26.3 Å². The second-order valence-corrected chi connectivity index (χ2v) is 5.00. The molecule has 0 amide bonds. The largest absolute Gasteiger partial charge is 0.492 e. The molecule has 0 fully saturated rings. The highest BCUT2D eigenvalue weighted by Gasteiger charge is 2.03. The van der Waals surface area contributed by atoms with E-state index in [-0.39, 0.29) is 0 Å². The third kappa shape index (κ3) is 4.40. The Balaban J connectivity index is 1.78. The molecule has 2 aromatic carbocycles. The van der Waals surface area contributed by atoms with E-state index < -0.39 is 0 Å². The van der Waals surface area contributed by atoms with Crippen LogP contribution in [0.3, 0.4) is 0 Å². The van der Waals surface area contributed by atoms with E-state index in [1.165, 1.54) is 0 Å². The third-order valence-electron chi connectivity index (χ3n) is 2.90. The summed E-state index contributed by atoms with van der Waals surface area (Å²) in [7, 11) is 0. The molecule has 4 heteroatoms. The number of halogens is 1. The van der Waals surface area contributed by atoms with E-state index in [0.717, 1.165) is 5.56 Å². The Hall–Kier alpha value is -2.18. The summed E-state index contributed by atoms with van der Waals surface area (Å²) >= 11 is 6.05. The number of nitriles is 1. The topological polar surface area (TPSA) is 42.2 Å². The van der Waals surface area contributed by atoms with Crippen LogP contribution >= 0.6 is 11.6 Å². The number of hydrogen-bond acceptors (Lipinski definition) is 3. The van der Waals surface area contributed by atoms with Crippen LogP contribution in [-0.4, -0.2) is 13.2 Å². The van der Waals surface area contributed by atoms with Crippen molar-refractivity contribution in [3.05, 3.63) is 58.6 Å². The van der Waals surface area contributed by atoms with Gasteiger partial charge in [0.05, 0.1) is 23.8 Å². The summed E-state index contributed by atoms with van der Waals surface area (Å²) < 4.78 is 11.2. The molecule has 0 aromatic heterocycles. The highest BCUT2D eigenvalue weighted by Crippen LogP contribution is 2.25. The number of para-hydroxylation sites is 1. The van der Waals surface area contributed by atoms with Crippen molar-refractivity contribution >= 4 is 11.6 Å². The molecule has 0 atom stereocenters. The van der Waals surface area contributed by atoms with E-state index in [0.29, 0.717) is 41.7 Å². The summed E-state index contributed by atoms with van der Waals surface area (Å²) in [5.41, 5.74) is 1.65. The van der Waals surface area contributed by atoms with Gasteiger partial charge in [-0.3, -0.25) is 0 Å². The predicted molar refractivity (Wildman–Crippen MR) is 83.0 cm³/mol. The Labute approximate surface area is 129 Å². The fourth-order valence-electron chi connectivity index (χ4n) is 1.83. The molecule has 0 aliphatic rings. The molecule has 21 heavy (non-hydrogen) atoms. The van der Waals surface area contributed by atoms with Crippen LogP contribution in [0.4, 0.5) is 0 Å². The van der Waals surface area contributed by atoms with Crippen LogP contribution in [0.5, 0.6) is 11.5 Å². The van der Waals surface area contributed by atoms with Gasteiger partial charge >= 0.3 is 0 Å². The first-order valence-electron chi connectivity index (χ1n) is 6.71. The van der Waals surface area contributed by atoms with Crippen molar-refractivity contribution < 1.29 is 9.47 Å². The van der Waals surface area contributed by atoms with Crippen molar-refractivity contribution in [3.63, 3.8) is 0 Å². The quantitative estimate of drug-likeness (QED) is 0.744. The van der Waals surface area contributed by atoms with Crippen LogP contribution in [0.25, 0.3) is 0 Å². The molecule has 0 N–H and O–H groups in total. The molecule has 2 aromatic rings. The van der Waals surface area contributed by atoms with Crippen LogP contribution < -0.4 is 9.47 Å². The van der Waals surface area contributed by atoms with Crippen molar-refractivity contribution in [3.8, 4) is 17.6 Å². The summed E-state index contributed by atoms with van der Waals surface area (Å²) in [5, 5.41) is 9.56. The minimum absolute atomic E-state index is 0.488. The van der Waals surface area contributed by atoms with Crippen molar-refractivity contribution in [2.24, 2.45) is 0 Å². The summed E-state index contributed by atoms with van der Waals surface area (Å²) in [4.78, 5) is 0. The lowest BCUT2D eigenvalue weighted by Gasteiger charge is -2.10. The summed E-state index contributed by atoms with van der Waals surface area (Å²) in [5.74, 6) is 1.29. The minimum atomic E-state index is 0.488. The van der Waals surface area contributed by atoms with Crippen LogP contribution in [-0.2, 0) is 0 Å². The van der Waals surface area contributed by atoms with Crippen LogP contribution in [0.2, 0.25) is 5.02 Å². The maximum Gasteiger partial charge on any atom is 0.138 e. The Morgan fingerprint density at radius 1 is 1.05 bits per heavy atom. The Morgan fingerprint density at radius 3 is 2.52 bits per heavy atom. The number of rotatable bonds is 6. The molecule has 0 spiro atoms. The number of hydrogen-bond donors (Lipinski definition) is 0. The Bertz CT molecular complexity index is 649. The zero-order chi connectivity index (χ0) is 15.1. The van der Waals surface area contributed by atoms with Crippen molar-refractivity contribution in [1.82, 2.24) is 0 Å². The van der Waals surface area contributed by atoms with Crippen molar-refractivity contribution in [2.45, 2.75) is 13.3 Å². The normalized spacial score (nSPS) is 9.95. The van der Waals surface area contributed by atoms with Crippen molar-refractivity contribution in [2.75, 3.05) is 13.2 Å². The highest BCUT2D eigenvalue weighted by atomic mass is 35.5. The lowest BCUT2D eigenvalue weighted by molar-refractivity contribution is 0.247. The van der Waals surface area contributed by atoms with E-state index in [9.17, 15) is 0 Å². The molecule has 0 bridgehead atoms. The molecular formula is C17H16ClNO2. The van der Waals surface area contributed by atoms with Crippen LogP contribution in [0.1, 0.15) is 17.5 Å². The average molecular weight is 302 g/mol. The first kappa shape index (κ1) is 15.2. The Morgan fingerprint density at radius 2 is 1.76 bits per heavy atom. The number of aryl methyl sites for hydroxylation is 1. The fraction of sp³-hybridized carbons (Fsp3) is 0.235. The maximum atomic E-state index is 8.96. The van der Waals surface area contributed by atoms with Gasteiger partial charge in [0.25, 0.3) is 0 Å². The maximum absolute atomic E-state index is 8.96. The monoisotopic (exact) mass is 301 g/mol. The third-order valence-corrected chi connectivity index (χ3v) is 3.21. The lowest BCUT2D eigenvalue weighted by Crippen LogP contribution is -2.06. The Kier molecular flexibility index (Phi) is 5.48. The molecule has 0 saturated carbocycles. The van der Waals surface area contributed by atoms with Gasteiger partial charge in [0.15, 0.2) is 0 Å². The number of ether oxygens (including phenoxy) is 2. The molecule has 0 saturated heterocycles. The molecule has 0 aliphatic heterocycles. The van der Waals surface area contributed by atoms with Crippen molar-refractivity contribution in [1.29, 1.82) is 5.26 Å². The summed E-state index contributed by atoms with van der Waals surface area (Å²) in [6.07, 6.45) is 0.712. The van der Waals surface area contributed by atoms with Crippen LogP contribution in [0.15, 0.2) is 42.5 Å². The highest BCUT2D eigenvalue weighted by molar-refractivity contribution is 6.32. The van der Waals surface area contributed by atoms with E-state index in [2.05, 4.69) is 6.07 Å². The molecular weight excluding hydrogens is 286 g/mol. The molecule has 2 rings (SSSR count). The molecule has 3 nitrogen and oxygen atoms in total. The van der Waals surface area contributed by atoms with Gasteiger partial charge in [0.1, 0.15) is 17.6 Å². The first-order valence-corrected chi connectivity index (χ1v) is 7.09. The van der Waals surface area contributed by atoms with E-state index >= 15 is 0 Å². The van der Waals surface area contributed by atoms with Gasteiger partial charge in [-0.05, 0) is 36.8 Å². The fourth-order valence-corrected chi connectivity index (χ4v) is 2.00. The number of benzene rings is 2. The number of nitrogens with zero attached hydrogens (tertiary/aromatic N) is 1. The van der Waals surface area contributed by atoms with Gasteiger partial charge in [0, 0.05) is 6.42 Å². The molecule has 0 heterocycles. The van der Waals surface area contributed by atoms with Gasteiger partial charge in [-0.1, -0.05) is 29.8 Å². The van der Waals surface area contributed by atoms with Crippen LogP contribution in [0, 0.1) is 18.3 Å². The van der Waals surface area contributed by atoms with E-state index in [1.807, 2.05) is 37.3 Å². The second-order valence-electron chi connectivity index (χ2n) is 4.59. The predicted octanol–water partition coefficient (Wildman–Crippen LogP) is 4.37. The van der Waals surface area contributed by atoms with Gasteiger partial charge in [-0.15, -0.1) is 0 Å². The summed E-state index contributed by atoms with van der Waals surface area (Å²) in [6, 6.07) is 15.0. The zero-order valence-corrected chi connectivity index (χ0v) is 12.6. The summed E-state index contributed by atoms with van der Waals surface area (Å²) in [6.45, 7) is 2.99. The molecule has 0 aliphatic carbocycles. The zero-order valence-electron chi connectivity index (χ0n) is 11.8. The van der Waals surface area contributed by atoms with E-state index in [1.54, 1.807) is 12.1 Å². The first-order chi connectivity index (χ1) is 10.2. The van der Waals surface area contributed by atoms with Gasteiger partial charge in [-0.2, -0.15) is 5.26 Å². The minimum Gasteiger partial charge on any atom is -0.492 e. The smallest absolute Gasteiger partial charge is 0.138 e. The van der Waals surface area contributed by atoms with Gasteiger partial charge in [-0.25, -0.2) is 0 Å². The average Bonchev–Trinajstić information content (AvgIpc) is 2.50. The standard InChI is InChI=1S/C17H16ClNO2/c1-13-7-8-15(18)17(11-13)21-10-4-9-20-16-6-3-2-5-14(16)12-19/h2-3,5-8,11H,4,9-10H2,1H3. The van der Waals surface area contributed by atoms with Gasteiger partial charge < -0.3 is 9.47 Å².